The van der Waals surface area contributed by atoms with Crippen molar-refractivity contribution < 1.29 is 9.21 Å². The summed E-state index contributed by atoms with van der Waals surface area (Å²) in [4.78, 5) is 16.8. The van der Waals surface area contributed by atoms with Gasteiger partial charge in [-0.05, 0) is 60.7 Å². The number of amides is 1. The molecule has 134 valence electrons. The lowest BCUT2D eigenvalue weighted by Gasteiger charge is -2.07. The normalized spacial score (nSPS) is 10.9. The van der Waals surface area contributed by atoms with Gasteiger partial charge in [-0.3, -0.25) is 4.79 Å². The Morgan fingerprint density at radius 2 is 1.59 bits per heavy atom. The zero-order valence-electron chi connectivity index (χ0n) is 13.7. The maximum absolute atomic E-state index is 12.4. The number of halogens is 3. The molecule has 0 saturated carbocycles. The number of benzene rings is 3. The average molecular weight is 418 g/mol. The summed E-state index contributed by atoms with van der Waals surface area (Å²) in [6.07, 6.45) is 0. The van der Waals surface area contributed by atoms with Gasteiger partial charge in [0.25, 0.3) is 5.91 Å². The van der Waals surface area contributed by atoms with Gasteiger partial charge in [-0.25, -0.2) is 4.98 Å². The Morgan fingerprint density at radius 3 is 2.33 bits per heavy atom. The third-order valence-electron chi connectivity index (χ3n) is 3.92. The number of carbonyl (C=O) groups excluding carboxylic acids is 1. The Labute approximate surface area is 169 Å². The molecule has 0 fully saturated rings. The van der Waals surface area contributed by atoms with Crippen molar-refractivity contribution in [1.82, 2.24) is 4.98 Å². The number of aromatic nitrogens is 1. The zero-order chi connectivity index (χ0) is 19.0. The second kappa shape index (κ2) is 7.24. The molecule has 0 atom stereocenters. The predicted octanol–water partition coefficient (Wildman–Crippen LogP) is 6.71. The number of hydrogen-bond donors (Lipinski definition) is 1. The van der Waals surface area contributed by atoms with Crippen LogP contribution in [0.4, 0.5) is 5.69 Å². The molecule has 1 heterocycles. The van der Waals surface area contributed by atoms with Crippen molar-refractivity contribution in [3.05, 3.63) is 81.3 Å². The van der Waals surface area contributed by atoms with Crippen LogP contribution in [0.15, 0.2) is 65.1 Å². The van der Waals surface area contributed by atoms with Gasteiger partial charge < -0.3 is 9.73 Å². The molecule has 0 radical (unpaired) electrons. The van der Waals surface area contributed by atoms with E-state index in [4.69, 9.17) is 39.2 Å². The van der Waals surface area contributed by atoms with Crippen LogP contribution in [0.1, 0.15) is 10.4 Å². The van der Waals surface area contributed by atoms with E-state index in [2.05, 4.69) is 10.3 Å². The van der Waals surface area contributed by atoms with Crippen molar-refractivity contribution >= 4 is 57.5 Å². The van der Waals surface area contributed by atoms with Crippen molar-refractivity contribution in [2.75, 3.05) is 5.32 Å². The molecular formula is C20H11Cl3N2O2. The van der Waals surface area contributed by atoms with E-state index in [0.717, 1.165) is 5.56 Å². The Morgan fingerprint density at radius 1 is 0.889 bits per heavy atom. The quantitative estimate of drug-likeness (QED) is 0.403. The highest BCUT2D eigenvalue weighted by atomic mass is 35.5. The fourth-order valence-corrected chi connectivity index (χ4v) is 3.25. The number of nitrogens with zero attached hydrogens (tertiary/aromatic N) is 1. The molecule has 4 nitrogen and oxygen atoms in total. The summed E-state index contributed by atoms with van der Waals surface area (Å²) in [7, 11) is 0. The standard InChI is InChI=1S/C20H11Cl3N2O2/c21-12-3-7-15(16(23)9-12)19(26)24-14-5-1-11(2-6-14)20-25-17-10-13(22)4-8-18(17)27-20/h1-10H,(H,24,26). The number of fused-ring (bicyclic) bond motifs is 1. The highest BCUT2D eigenvalue weighted by Gasteiger charge is 2.12. The van der Waals surface area contributed by atoms with E-state index in [1.807, 2.05) is 12.1 Å². The summed E-state index contributed by atoms with van der Waals surface area (Å²) in [6, 6.07) is 17.1. The van der Waals surface area contributed by atoms with E-state index >= 15 is 0 Å². The van der Waals surface area contributed by atoms with Crippen molar-refractivity contribution in [3.8, 4) is 11.5 Å². The molecule has 1 N–H and O–H groups in total. The maximum Gasteiger partial charge on any atom is 0.257 e. The minimum atomic E-state index is -0.319. The topological polar surface area (TPSA) is 55.1 Å². The summed E-state index contributed by atoms with van der Waals surface area (Å²) in [5, 5.41) is 4.16. The molecule has 0 saturated heterocycles. The summed E-state index contributed by atoms with van der Waals surface area (Å²) in [5.74, 6) is 0.159. The number of hydrogen-bond acceptors (Lipinski definition) is 3. The van der Waals surface area contributed by atoms with E-state index in [-0.39, 0.29) is 5.91 Å². The van der Waals surface area contributed by atoms with Crippen molar-refractivity contribution in [1.29, 1.82) is 0 Å². The monoisotopic (exact) mass is 416 g/mol. The van der Waals surface area contributed by atoms with Gasteiger partial charge in [0.1, 0.15) is 5.52 Å². The van der Waals surface area contributed by atoms with Gasteiger partial charge >= 0.3 is 0 Å². The van der Waals surface area contributed by atoms with Gasteiger partial charge in [-0.1, -0.05) is 34.8 Å². The number of carbonyl (C=O) groups is 1. The van der Waals surface area contributed by atoms with Crippen LogP contribution >= 0.6 is 34.8 Å². The first-order valence-electron chi connectivity index (χ1n) is 7.92. The molecule has 4 aromatic rings. The summed E-state index contributed by atoms with van der Waals surface area (Å²) >= 11 is 17.9. The zero-order valence-corrected chi connectivity index (χ0v) is 15.9. The van der Waals surface area contributed by atoms with Gasteiger partial charge in [-0.15, -0.1) is 0 Å². The van der Waals surface area contributed by atoms with Crippen LogP contribution in [0, 0.1) is 0 Å². The van der Waals surface area contributed by atoms with E-state index in [9.17, 15) is 4.79 Å². The van der Waals surface area contributed by atoms with E-state index in [1.165, 1.54) is 6.07 Å². The van der Waals surface area contributed by atoms with Gasteiger partial charge in [0.05, 0.1) is 10.6 Å². The average Bonchev–Trinajstić information content (AvgIpc) is 3.05. The molecule has 3 aromatic carbocycles. The number of anilines is 1. The molecule has 4 rings (SSSR count). The third kappa shape index (κ3) is 3.78. The molecule has 0 unspecified atom stereocenters. The molecule has 0 aliphatic heterocycles. The van der Waals surface area contributed by atoms with Crippen molar-refractivity contribution in [2.45, 2.75) is 0 Å². The van der Waals surface area contributed by atoms with Gasteiger partial charge in [0.15, 0.2) is 5.58 Å². The van der Waals surface area contributed by atoms with Crippen molar-refractivity contribution in [3.63, 3.8) is 0 Å². The van der Waals surface area contributed by atoms with E-state index < -0.39 is 0 Å². The molecule has 0 aliphatic carbocycles. The number of rotatable bonds is 3. The van der Waals surface area contributed by atoms with Crippen LogP contribution in [0.2, 0.25) is 15.1 Å². The van der Waals surface area contributed by atoms with Crippen molar-refractivity contribution in [2.24, 2.45) is 0 Å². The van der Waals surface area contributed by atoms with E-state index in [0.29, 0.717) is 43.3 Å². The van der Waals surface area contributed by atoms with Crippen LogP contribution < -0.4 is 5.32 Å². The van der Waals surface area contributed by atoms with Crippen LogP contribution in [-0.2, 0) is 0 Å². The molecular weight excluding hydrogens is 407 g/mol. The Kier molecular flexibility index (Phi) is 4.79. The first-order chi connectivity index (χ1) is 13.0. The summed E-state index contributed by atoms with van der Waals surface area (Å²) in [5.41, 5.74) is 3.09. The molecule has 1 amide bonds. The Balaban J connectivity index is 1.55. The number of nitrogens with one attached hydrogen (secondary N) is 1. The second-order valence-corrected chi connectivity index (χ2v) is 7.07. The van der Waals surface area contributed by atoms with Gasteiger partial charge in [-0.2, -0.15) is 0 Å². The van der Waals surface area contributed by atoms with E-state index in [1.54, 1.807) is 42.5 Å². The molecule has 0 spiro atoms. The second-order valence-electron chi connectivity index (χ2n) is 5.79. The molecule has 0 aliphatic rings. The van der Waals surface area contributed by atoms with Gasteiger partial charge in [0, 0.05) is 21.3 Å². The lowest BCUT2D eigenvalue weighted by molar-refractivity contribution is 0.102. The first kappa shape index (κ1) is 17.9. The minimum absolute atomic E-state index is 0.293. The molecule has 7 heteroatoms. The lowest BCUT2D eigenvalue weighted by atomic mass is 10.2. The Hall–Kier alpha value is -2.53. The largest absolute Gasteiger partial charge is 0.436 e. The summed E-state index contributed by atoms with van der Waals surface area (Å²) in [6.45, 7) is 0. The molecule has 0 bridgehead atoms. The highest BCUT2D eigenvalue weighted by Crippen LogP contribution is 2.27. The maximum atomic E-state index is 12.4. The fourth-order valence-electron chi connectivity index (χ4n) is 2.59. The molecule has 27 heavy (non-hydrogen) atoms. The van der Waals surface area contributed by atoms with Crippen LogP contribution in [-0.4, -0.2) is 10.9 Å². The fraction of sp³-hybridized carbons (Fsp3) is 0. The number of oxazole rings is 1. The third-order valence-corrected chi connectivity index (χ3v) is 4.70. The van der Waals surface area contributed by atoms with Crippen LogP contribution in [0.25, 0.3) is 22.6 Å². The predicted molar refractivity (Wildman–Crippen MR) is 109 cm³/mol. The SMILES string of the molecule is O=C(Nc1ccc(-c2nc3cc(Cl)ccc3o2)cc1)c1ccc(Cl)cc1Cl. The summed E-state index contributed by atoms with van der Waals surface area (Å²) < 4.78 is 5.74. The van der Waals surface area contributed by atoms with Gasteiger partial charge in [0.2, 0.25) is 5.89 Å². The highest BCUT2D eigenvalue weighted by molar-refractivity contribution is 6.37. The lowest BCUT2D eigenvalue weighted by Crippen LogP contribution is -2.12. The first-order valence-corrected chi connectivity index (χ1v) is 9.06. The molecule has 1 aromatic heterocycles. The smallest absolute Gasteiger partial charge is 0.257 e. The minimum Gasteiger partial charge on any atom is -0.436 e. The Bertz CT molecular complexity index is 1150. The van der Waals surface area contributed by atoms with Crippen LogP contribution in [0.3, 0.4) is 0 Å². The van der Waals surface area contributed by atoms with Crippen LogP contribution in [0.5, 0.6) is 0 Å².